The summed E-state index contributed by atoms with van der Waals surface area (Å²) in [5.74, 6) is -0.833. The second-order valence-electron chi connectivity index (χ2n) is 2.17. The molecule has 12 heavy (non-hydrogen) atoms. The number of hydrogen-bond acceptors (Lipinski definition) is 1. The molecule has 0 aliphatic carbocycles. The van der Waals surface area contributed by atoms with Crippen LogP contribution in [0, 0.1) is 6.92 Å². The van der Waals surface area contributed by atoms with Gasteiger partial charge in [0, 0.05) is 6.92 Å². The maximum absolute atomic E-state index is 9.00. The third-order valence-electron chi connectivity index (χ3n) is 0.940. The molecule has 62 valence electrons. The van der Waals surface area contributed by atoms with Crippen LogP contribution in [0.25, 0.3) is 0 Å². The van der Waals surface area contributed by atoms with Crippen LogP contribution >= 0.6 is 0 Å². The molecule has 0 aliphatic rings. The van der Waals surface area contributed by atoms with Crippen LogP contribution in [0.15, 0.2) is 30.3 Å². The molecule has 1 aromatic carbocycles. The number of aryl methyl sites for hydroxylation is 1. The van der Waals surface area contributed by atoms with Crippen LogP contribution in [0.5, 0.6) is 0 Å². The normalized spacial score (nSPS) is 7.17. The van der Waals surface area contributed by atoms with Crippen molar-refractivity contribution in [2.24, 2.45) is 0 Å². The second kappa shape index (κ2) is 8.78. The summed E-state index contributed by atoms with van der Waals surface area (Å²) in [7, 11) is 0. The molecule has 0 aliphatic heterocycles. The zero-order valence-corrected chi connectivity index (χ0v) is 6.74. The van der Waals surface area contributed by atoms with Crippen molar-refractivity contribution in [3.63, 3.8) is 0 Å². The maximum atomic E-state index is 9.00. The first kappa shape index (κ1) is 14.2. The number of carbonyl (C=O) groups is 1. The Labute approximate surface area is 94.9 Å². The van der Waals surface area contributed by atoms with Crippen LogP contribution in [0.2, 0.25) is 0 Å². The van der Waals surface area contributed by atoms with E-state index in [1.165, 1.54) is 5.56 Å². The molecule has 3 heteroatoms. The van der Waals surface area contributed by atoms with Gasteiger partial charge < -0.3 is 5.11 Å². The van der Waals surface area contributed by atoms with Crippen LogP contribution in [0.3, 0.4) is 0 Å². The van der Waals surface area contributed by atoms with Gasteiger partial charge in [0.2, 0.25) is 0 Å². The standard InChI is InChI=1S/C7H8.C2H4O2.Na.H/c1-7-5-3-2-4-6-7;1-2(3)4;;/h2-6H,1H3;1H3,(H,3,4);;. The van der Waals surface area contributed by atoms with Crippen molar-refractivity contribution in [3.05, 3.63) is 35.9 Å². The van der Waals surface area contributed by atoms with Crippen LogP contribution in [-0.2, 0) is 4.79 Å². The number of rotatable bonds is 0. The van der Waals surface area contributed by atoms with Crippen molar-refractivity contribution in [1.82, 2.24) is 0 Å². The van der Waals surface area contributed by atoms with Crippen molar-refractivity contribution in [3.8, 4) is 0 Å². The summed E-state index contributed by atoms with van der Waals surface area (Å²) in [6, 6.07) is 10.3. The fraction of sp³-hybridized carbons (Fsp3) is 0.222. The summed E-state index contributed by atoms with van der Waals surface area (Å²) in [4.78, 5) is 9.00. The summed E-state index contributed by atoms with van der Waals surface area (Å²) in [5, 5.41) is 7.42. The quantitative estimate of drug-likeness (QED) is 0.607. The Bertz CT molecular complexity index is 205. The average Bonchev–Trinajstić information content (AvgIpc) is 1.87. The monoisotopic (exact) mass is 176 g/mol. The number of hydrogen-bond donors (Lipinski definition) is 1. The van der Waals surface area contributed by atoms with E-state index in [0.29, 0.717) is 0 Å². The van der Waals surface area contributed by atoms with Gasteiger partial charge in [0.15, 0.2) is 0 Å². The van der Waals surface area contributed by atoms with E-state index < -0.39 is 5.97 Å². The molecule has 0 unspecified atom stereocenters. The zero-order valence-electron chi connectivity index (χ0n) is 6.74. The second-order valence-corrected chi connectivity index (χ2v) is 2.17. The number of aliphatic carboxylic acids is 1. The fourth-order valence-corrected chi connectivity index (χ4v) is 0.534. The van der Waals surface area contributed by atoms with Gasteiger partial charge in [-0.1, -0.05) is 35.9 Å². The topological polar surface area (TPSA) is 37.3 Å². The molecular formula is C9H13NaO2. The molecule has 0 radical (unpaired) electrons. The Kier molecular flexibility index (Phi) is 10.4. The van der Waals surface area contributed by atoms with Gasteiger partial charge in [0.05, 0.1) is 0 Å². The molecule has 1 rings (SSSR count). The van der Waals surface area contributed by atoms with Gasteiger partial charge in [-0.25, -0.2) is 0 Å². The molecule has 0 spiro atoms. The molecule has 0 fully saturated rings. The molecule has 0 saturated carbocycles. The third kappa shape index (κ3) is 12.4. The van der Waals surface area contributed by atoms with Gasteiger partial charge in [-0.3, -0.25) is 4.79 Å². The van der Waals surface area contributed by atoms with Crippen molar-refractivity contribution in [1.29, 1.82) is 0 Å². The Balaban J connectivity index is 0. The predicted octanol–water partition coefficient (Wildman–Crippen LogP) is 1.44. The van der Waals surface area contributed by atoms with Gasteiger partial charge in [-0.15, -0.1) is 0 Å². The van der Waals surface area contributed by atoms with Gasteiger partial charge in [0.25, 0.3) is 5.97 Å². The fourth-order valence-electron chi connectivity index (χ4n) is 0.534. The number of carboxylic acids is 1. The van der Waals surface area contributed by atoms with E-state index in [9.17, 15) is 0 Å². The molecule has 0 heterocycles. The van der Waals surface area contributed by atoms with E-state index in [1.807, 2.05) is 18.2 Å². The summed E-state index contributed by atoms with van der Waals surface area (Å²) < 4.78 is 0. The third-order valence-corrected chi connectivity index (χ3v) is 0.940. The van der Waals surface area contributed by atoms with E-state index in [1.54, 1.807) is 0 Å². The Hall–Kier alpha value is -0.310. The van der Waals surface area contributed by atoms with Crippen LogP contribution in [0.4, 0.5) is 0 Å². The Morgan fingerprint density at radius 2 is 1.58 bits per heavy atom. The van der Waals surface area contributed by atoms with Gasteiger partial charge >= 0.3 is 29.6 Å². The predicted molar refractivity (Wildman–Crippen MR) is 51.6 cm³/mol. The van der Waals surface area contributed by atoms with Gasteiger partial charge in [-0.05, 0) is 6.92 Å². The van der Waals surface area contributed by atoms with E-state index in [-0.39, 0.29) is 29.6 Å². The molecule has 0 bridgehead atoms. The van der Waals surface area contributed by atoms with E-state index >= 15 is 0 Å². The molecule has 2 nitrogen and oxygen atoms in total. The van der Waals surface area contributed by atoms with Crippen molar-refractivity contribution >= 4 is 35.5 Å². The molecule has 1 N–H and O–H groups in total. The van der Waals surface area contributed by atoms with Gasteiger partial charge in [0.1, 0.15) is 0 Å². The van der Waals surface area contributed by atoms with Crippen molar-refractivity contribution in [2.75, 3.05) is 0 Å². The first-order valence-corrected chi connectivity index (χ1v) is 3.34. The first-order chi connectivity index (χ1) is 5.13. The average molecular weight is 176 g/mol. The Morgan fingerprint density at radius 1 is 1.25 bits per heavy atom. The van der Waals surface area contributed by atoms with E-state index in [4.69, 9.17) is 9.90 Å². The zero-order chi connectivity index (χ0) is 8.69. The summed E-state index contributed by atoms with van der Waals surface area (Å²) in [6.07, 6.45) is 0. The minimum absolute atomic E-state index is 0. The first-order valence-electron chi connectivity index (χ1n) is 3.34. The molecular weight excluding hydrogens is 163 g/mol. The SMILES string of the molecule is CC(=O)O.Cc1ccccc1.[NaH]. The minimum atomic E-state index is -0.833. The van der Waals surface area contributed by atoms with Crippen LogP contribution in [0.1, 0.15) is 12.5 Å². The summed E-state index contributed by atoms with van der Waals surface area (Å²) >= 11 is 0. The Morgan fingerprint density at radius 3 is 1.75 bits per heavy atom. The van der Waals surface area contributed by atoms with Crippen molar-refractivity contribution < 1.29 is 9.90 Å². The molecule has 0 amide bonds. The number of benzene rings is 1. The summed E-state index contributed by atoms with van der Waals surface area (Å²) in [6.45, 7) is 3.17. The van der Waals surface area contributed by atoms with Crippen LogP contribution in [-0.4, -0.2) is 40.6 Å². The summed E-state index contributed by atoms with van der Waals surface area (Å²) in [5.41, 5.74) is 1.32. The molecule has 1 aromatic rings. The molecule has 0 aromatic heterocycles. The van der Waals surface area contributed by atoms with Crippen molar-refractivity contribution in [2.45, 2.75) is 13.8 Å². The molecule has 0 atom stereocenters. The van der Waals surface area contributed by atoms with Gasteiger partial charge in [-0.2, -0.15) is 0 Å². The van der Waals surface area contributed by atoms with E-state index in [0.717, 1.165) is 6.92 Å². The number of carboxylic acid groups (broad SMARTS) is 1. The molecule has 0 saturated heterocycles. The van der Waals surface area contributed by atoms with Crippen LogP contribution < -0.4 is 0 Å². The van der Waals surface area contributed by atoms with E-state index in [2.05, 4.69) is 19.1 Å².